The summed E-state index contributed by atoms with van der Waals surface area (Å²) in [7, 11) is 0. The molecule has 0 aromatic heterocycles. The monoisotopic (exact) mass is 354 g/mol. The highest BCUT2D eigenvalue weighted by Gasteiger charge is 2.30. The summed E-state index contributed by atoms with van der Waals surface area (Å²) < 4.78 is 72.6. The minimum atomic E-state index is -2.31. The number of carbonyl (C=O) groups excluding carboxylic acids is 1. The Kier molecular flexibility index (Phi) is 5.72. The van der Waals surface area contributed by atoms with E-state index in [4.69, 9.17) is 0 Å². The van der Waals surface area contributed by atoms with Crippen LogP contribution in [0.2, 0.25) is 0 Å². The Hall–Kier alpha value is -2.92. The largest absolute Gasteiger partial charge is 0.462 e. The molecule has 0 spiro atoms. The van der Waals surface area contributed by atoms with Crippen LogP contribution >= 0.6 is 0 Å². The van der Waals surface area contributed by atoms with Gasteiger partial charge in [-0.1, -0.05) is 30.3 Å². The molecule has 0 atom stereocenters. The van der Waals surface area contributed by atoms with Crippen LogP contribution in [0.1, 0.15) is 18.1 Å². The molecular weight excluding hydrogens is 343 g/mol. The fraction of sp³-hybridized carbons (Fsp3) is 0.111. The Bertz CT molecular complexity index is 840. The minimum absolute atomic E-state index is 0.162. The summed E-state index contributed by atoms with van der Waals surface area (Å²) in [6, 6.07) is 8.19. The molecule has 0 heterocycles. The number of esters is 1. The lowest BCUT2D eigenvalue weighted by Gasteiger charge is -2.09. The topological polar surface area (TPSA) is 26.3 Å². The van der Waals surface area contributed by atoms with Gasteiger partial charge in [0.25, 0.3) is 0 Å². The summed E-state index contributed by atoms with van der Waals surface area (Å²) in [6.07, 6.45) is 1.17. The van der Waals surface area contributed by atoms with Crippen molar-refractivity contribution in [2.75, 3.05) is 6.61 Å². The van der Waals surface area contributed by atoms with E-state index in [2.05, 4.69) is 10.5 Å². The molecule has 0 aliphatic heterocycles. The van der Waals surface area contributed by atoms with Gasteiger partial charge in [-0.2, -0.15) is 0 Å². The molecule has 25 heavy (non-hydrogen) atoms. The molecule has 0 N–H and O–H groups in total. The zero-order valence-corrected chi connectivity index (χ0v) is 12.9. The van der Waals surface area contributed by atoms with Crippen molar-refractivity contribution in [3.05, 3.63) is 76.3 Å². The molecule has 0 bridgehead atoms. The average molecular weight is 354 g/mol. The Labute approximate surface area is 139 Å². The molecule has 0 unspecified atom stereocenters. The van der Waals surface area contributed by atoms with Gasteiger partial charge in [0.15, 0.2) is 23.3 Å². The van der Waals surface area contributed by atoms with E-state index < -0.39 is 46.2 Å². The van der Waals surface area contributed by atoms with E-state index in [0.717, 1.165) is 0 Å². The number of benzene rings is 2. The van der Waals surface area contributed by atoms with Crippen LogP contribution in [0.3, 0.4) is 0 Å². The van der Waals surface area contributed by atoms with E-state index in [1.807, 2.05) is 0 Å². The van der Waals surface area contributed by atoms with Gasteiger partial charge >= 0.3 is 5.97 Å². The van der Waals surface area contributed by atoms with E-state index in [9.17, 15) is 26.7 Å². The number of ether oxygens (including phenoxy) is 1. The van der Waals surface area contributed by atoms with Crippen LogP contribution in [0.5, 0.6) is 0 Å². The Morgan fingerprint density at radius 3 is 2.00 bits per heavy atom. The number of hydrogen-bond donors (Lipinski definition) is 0. The second-order valence-electron chi connectivity index (χ2n) is 4.74. The average Bonchev–Trinajstić information content (AvgIpc) is 2.62. The molecule has 2 rings (SSSR count). The Balaban J connectivity index is 2.74. The number of carbonyl (C=O) groups is 1. The van der Waals surface area contributed by atoms with Crippen molar-refractivity contribution in [1.29, 1.82) is 0 Å². The second kappa shape index (κ2) is 7.77. The van der Waals surface area contributed by atoms with Crippen LogP contribution in [0, 0.1) is 29.1 Å². The van der Waals surface area contributed by atoms with Crippen molar-refractivity contribution < 1.29 is 31.5 Å². The molecule has 2 nitrogen and oxygen atoms in total. The summed E-state index contributed by atoms with van der Waals surface area (Å²) in [5.74, 6) is -12.1. The molecule has 0 radical (unpaired) electrons. The third kappa shape index (κ3) is 3.78. The Morgan fingerprint density at radius 2 is 1.48 bits per heavy atom. The van der Waals surface area contributed by atoms with E-state index in [1.165, 1.54) is 13.0 Å². The fourth-order valence-corrected chi connectivity index (χ4v) is 1.97. The molecule has 2 aromatic rings. The van der Waals surface area contributed by atoms with Gasteiger partial charge in [0.2, 0.25) is 5.82 Å². The van der Waals surface area contributed by atoms with Crippen molar-refractivity contribution in [3.8, 4) is 0 Å². The first-order valence-electron chi connectivity index (χ1n) is 7.09. The van der Waals surface area contributed by atoms with Gasteiger partial charge in [-0.05, 0) is 18.6 Å². The van der Waals surface area contributed by atoms with Crippen molar-refractivity contribution in [3.63, 3.8) is 0 Å². The van der Waals surface area contributed by atoms with Crippen LogP contribution < -0.4 is 0 Å². The van der Waals surface area contributed by atoms with Gasteiger partial charge < -0.3 is 4.74 Å². The van der Waals surface area contributed by atoms with E-state index in [-0.39, 0.29) is 6.61 Å². The minimum Gasteiger partial charge on any atom is -0.462 e. The van der Waals surface area contributed by atoms with Gasteiger partial charge in [0, 0.05) is 0 Å². The number of halogens is 5. The van der Waals surface area contributed by atoms with Gasteiger partial charge in [-0.3, -0.25) is 0 Å². The van der Waals surface area contributed by atoms with E-state index in [1.54, 1.807) is 30.3 Å². The van der Waals surface area contributed by atoms with Crippen molar-refractivity contribution >= 4 is 17.6 Å². The lowest BCUT2D eigenvalue weighted by atomic mass is 10.0. The van der Waals surface area contributed by atoms with E-state index in [0.29, 0.717) is 5.56 Å². The molecule has 0 saturated carbocycles. The zero-order valence-electron chi connectivity index (χ0n) is 12.9. The van der Waals surface area contributed by atoms with Crippen LogP contribution in [0.25, 0.3) is 11.6 Å². The summed E-state index contributed by atoms with van der Waals surface area (Å²) in [6.45, 7) is 1.26. The number of hydrogen-bond acceptors (Lipinski definition) is 2. The molecule has 7 heteroatoms. The highest BCUT2D eigenvalue weighted by molar-refractivity contribution is 6.16. The first-order valence-corrected chi connectivity index (χ1v) is 7.09. The van der Waals surface area contributed by atoms with Crippen LogP contribution in [-0.4, -0.2) is 12.6 Å². The fourth-order valence-electron chi connectivity index (χ4n) is 1.97. The second-order valence-corrected chi connectivity index (χ2v) is 4.74. The highest BCUT2D eigenvalue weighted by Crippen LogP contribution is 2.29. The van der Waals surface area contributed by atoms with Crippen LogP contribution in [-0.2, 0) is 9.53 Å². The van der Waals surface area contributed by atoms with Crippen molar-refractivity contribution in [1.82, 2.24) is 0 Å². The smallest absolute Gasteiger partial charge is 0.346 e. The predicted molar refractivity (Wildman–Crippen MR) is 80.7 cm³/mol. The van der Waals surface area contributed by atoms with Crippen molar-refractivity contribution in [2.24, 2.45) is 0 Å². The summed E-state index contributed by atoms with van der Waals surface area (Å²) in [4.78, 5) is 12.0. The van der Waals surface area contributed by atoms with Gasteiger partial charge in [0.05, 0.1) is 12.2 Å². The maximum atomic E-state index is 14.0. The normalized spacial score (nSPS) is 10.2. The summed E-state index contributed by atoms with van der Waals surface area (Å²) in [5, 5.41) is 0. The van der Waals surface area contributed by atoms with Gasteiger partial charge in [0.1, 0.15) is 5.57 Å². The van der Waals surface area contributed by atoms with Crippen LogP contribution in [0.15, 0.2) is 36.1 Å². The SMILES string of the molecule is CCOC(=O)C(=C=Cc1ccccc1)c1c(F)c(F)c(F)c(F)c1F. The summed E-state index contributed by atoms with van der Waals surface area (Å²) in [5.41, 5.74) is 0.476. The van der Waals surface area contributed by atoms with Crippen LogP contribution in [0.4, 0.5) is 22.0 Å². The molecule has 130 valence electrons. The van der Waals surface area contributed by atoms with E-state index >= 15 is 0 Å². The van der Waals surface area contributed by atoms with Crippen molar-refractivity contribution in [2.45, 2.75) is 6.92 Å². The predicted octanol–water partition coefficient (Wildman–Crippen LogP) is 4.64. The summed E-state index contributed by atoms with van der Waals surface area (Å²) >= 11 is 0. The molecule has 0 aliphatic rings. The molecule has 0 aliphatic carbocycles. The zero-order chi connectivity index (χ0) is 18.6. The molecule has 0 amide bonds. The highest BCUT2D eigenvalue weighted by atomic mass is 19.2. The Morgan fingerprint density at radius 1 is 0.960 bits per heavy atom. The standard InChI is InChI=1S/C18H11F5O2/c1-2-25-18(24)11(9-8-10-6-4-3-5-7-10)12-13(19)15(21)17(23)16(22)14(12)20/h3-8H,2H2,1H3. The third-order valence-electron chi connectivity index (χ3n) is 3.12. The lowest BCUT2D eigenvalue weighted by molar-refractivity contribution is -0.136. The first kappa shape index (κ1) is 18.4. The first-order chi connectivity index (χ1) is 11.9. The molecular formula is C18H11F5O2. The third-order valence-corrected chi connectivity index (χ3v) is 3.12. The molecule has 0 saturated heterocycles. The number of rotatable bonds is 4. The quantitative estimate of drug-likeness (QED) is 0.200. The van der Waals surface area contributed by atoms with Gasteiger partial charge in [-0.15, -0.1) is 5.73 Å². The molecule has 2 aromatic carbocycles. The maximum absolute atomic E-state index is 14.0. The lowest BCUT2D eigenvalue weighted by Crippen LogP contribution is -2.13. The molecule has 0 fully saturated rings. The maximum Gasteiger partial charge on any atom is 0.346 e. The van der Waals surface area contributed by atoms with Gasteiger partial charge in [-0.25, -0.2) is 26.7 Å².